The lowest BCUT2D eigenvalue weighted by molar-refractivity contribution is -0.136. The molecule has 2 aromatic rings. The van der Waals surface area contributed by atoms with Crippen molar-refractivity contribution in [3.05, 3.63) is 80.9 Å². The Kier molecular flexibility index (Phi) is 5.35. The number of nitrogens with zero attached hydrogens (tertiary/aromatic N) is 1. The number of carbonyl (C=O) groups excluding carboxylic acids is 1. The molecule has 0 aliphatic carbocycles. The van der Waals surface area contributed by atoms with E-state index in [9.17, 15) is 4.79 Å². The number of hydrogen-bond acceptors (Lipinski definition) is 4. The van der Waals surface area contributed by atoms with Crippen LogP contribution in [0, 0.1) is 0 Å². The number of esters is 1. The number of allylic oxidation sites excluding steroid dienone is 3. The van der Waals surface area contributed by atoms with E-state index in [1.54, 1.807) is 30.6 Å². The van der Waals surface area contributed by atoms with Crippen LogP contribution in [0.25, 0.3) is 5.57 Å². The van der Waals surface area contributed by atoms with Gasteiger partial charge in [-0.1, -0.05) is 35.3 Å². The van der Waals surface area contributed by atoms with Gasteiger partial charge in [-0.25, -0.2) is 4.79 Å². The largest absolute Gasteiger partial charge is 0.466 e. The standard InChI is InChI=1S/C20H18Cl2N2O2/c1-11-16(13-6-5-9-23-10-13)19(17(12(2)24-11)20(25)26-3)18-14(21)7-4-8-15(18)22/h4-10,19,24H,1-3H3. The maximum Gasteiger partial charge on any atom is 0.336 e. The zero-order valence-electron chi connectivity index (χ0n) is 14.6. The van der Waals surface area contributed by atoms with Crippen molar-refractivity contribution in [2.45, 2.75) is 19.8 Å². The summed E-state index contributed by atoms with van der Waals surface area (Å²) in [5, 5.41) is 4.26. The van der Waals surface area contributed by atoms with Crippen molar-refractivity contribution in [3.8, 4) is 0 Å². The Balaban J connectivity index is 2.32. The molecule has 0 radical (unpaired) electrons. The van der Waals surface area contributed by atoms with Crippen LogP contribution in [0.5, 0.6) is 0 Å². The van der Waals surface area contributed by atoms with E-state index in [1.165, 1.54) is 7.11 Å². The number of carbonyl (C=O) groups is 1. The minimum Gasteiger partial charge on any atom is -0.466 e. The van der Waals surface area contributed by atoms with E-state index in [4.69, 9.17) is 27.9 Å². The summed E-state index contributed by atoms with van der Waals surface area (Å²) in [5.74, 6) is -0.890. The zero-order valence-corrected chi connectivity index (χ0v) is 16.2. The number of ether oxygens (including phenoxy) is 1. The van der Waals surface area contributed by atoms with E-state index >= 15 is 0 Å². The minimum absolute atomic E-state index is 0.426. The van der Waals surface area contributed by atoms with Gasteiger partial charge in [0.1, 0.15) is 0 Å². The average Bonchev–Trinajstić information content (AvgIpc) is 2.61. The molecule has 1 aromatic heterocycles. The van der Waals surface area contributed by atoms with Crippen LogP contribution in [0.15, 0.2) is 59.7 Å². The van der Waals surface area contributed by atoms with Crippen LogP contribution in [0.4, 0.5) is 0 Å². The Morgan fingerprint density at radius 3 is 2.38 bits per heavy atom. The number of benzene rings is 1. The minimum atomic E-state index is -0.464. The van der Waals surface area contributed by atoms with Gasteiger partial charge in [0.25, 0.3) is 0 Å². The SMILES string of the molecule is COC(=O)C1=C(C)NC(C)=C(c2cccnc2)C1c1c(Cl)cccc1Cl. The number of aromatic nitrogens is 1. The topological polar surface area (TPSA) is 51.2 Å². The van der Waals surface area contributed by atoms with Crippen LogP contribution in [0.2, 0.25) is 10.0 Å². The molecule has 134 valence electrons. The number of pyridine rings is 1. The Bertz CT molecular complexity index is 900. The highest BCUT2D eigenvalue weighted by molar-refractivity contribution is 6.36. The van der Waals surface area contributed by atoms with E-state index in [-0.39, 0.29) is 0 Å². The average molecular weight is 389 g/mol. The molecule has 2 heterocycles. The summed E-state index contributed by atoms with van der Waals surface area (Å²) in [4.78, 5) is 16.8. The molecule has 3 rings (SSSR count). The van der Waals surface area contributed by atoms with Gasteiger partial charge in [0.2, 0.25) is 0 Å². The van der Waals surface area contributed by atoms with Gasteiger partial charge in [-0.15, -0.1) is 0 Å². The molecule has 1 atom stereocenters. The fourth-order valence-electron chi connectivity index (χ4n) is 3.35. The molecule has 0 spiro atoms. The van der Waals surface area contributed by atoms with Crippen LogP contribution in [-0.2, 0) is 9.53 Å². The maximum atomic E-state index is 12.6. The molecule has 0 fully saturated rings. The zero-order chi connectivity index (χ0) is 18.8. The summed E-state index contributed by atoms with van der Waals surface area (Å²) >= 11 is 13.0. The molecule has 1 aliphatic rings. The van der Waals surface area contributed by atoms with Crippen molar-refractivity contribution in [2.24, 2.45) is 0 Å². The summed E-state index contributed by atoms with van der Waals surface area (Å²) < 4.78 is 5.05. The van der Waals surface area contributed by atoms with E-state index in [2.05, 4.69) is 10.3 Å². The second kappa shape index (κ2) is 7.52. The molecule has 4 nitrogen and oxygen atoms in total. The van der Waals surface area contributed by atoms with Crippen molar-refractivity contribution >= 4 is 34.7 Å². The lowest BCUT2D eigenvalue weighted by atomic mass is 9.78. The van der Waals surface area contributed by atoms with Crippen LogP contribution in [0.3, 0.4) is 0 Å². The lowest BCUT2D eigenvalue weighted by Crippen LogP contribution is -2.28. The third-order valence-corrected chi connectivity index (χ3v) is 5.09. The van der Waals surface area contributed by atoms with Crippen molar-refractivity contribution in [2.75, 3.05) is 7.11 Å². The van der Waals surface area contributed by atoms with E-state index in [0.29, 0.717) is 26.9 Å². The van der Waals surface area contributed by atoms with Gasteiger partial charge in [-0.2, -0.15) is 0 Å². The third kappa shape index (κ3) is 3.22. The number of hydrogen-bond donors (Lipinski definition) is 1. The highest BCUT2D eigenvalue weighted by Crippen LogP contribution is 2.47. The molecular formula is C20H18Cl2N2O2. The Hall–Kier alpha value is -2.30. The first-order valence-corrected chi connectivity index (χ1v) is 8.82. The predicted octanol–water partition coefficient (Wildman–Crippen LogP) is 4.95. The van der Waals surface area contributed by atoms with E-state index < -0.39 is 11.9 Å². The molecule has 1 aromatic carbocycles. The van der Waals surface area contributed by atoms with Crippen molar-refractivity contribution < 1.29 is 9.53 Å². The molecular weight excluding hydrogens is 371 g/mol. The monoisotopic (exact) mass is 388 g/mol. The first-order valence-electron chi connectivity index (χ1n) is 8.06. The first kappa shape index (κ1) is 18.5. The summed E-state index contributed by atoms with van der Waals surface area (Å²) in [6, 6.07) is 9.12. The molecule has 0 amide bonds. The Morgan fingerprint density at radius 2 is 1.81 bits per heavy atom. The van der Waals surface area contributed by atoms with E-state index in [0.717, 1.165) is 16.8 Å². The number of methoxy groups -OCH3 is 1. The van der Waals surface area contributed by atoms with Gasteiger partial charge in [0.15, 0.2) is 0 Å². The second-order valence-electron chi connectivity index (χ2n) is 6.00. The molecule has 6 heteroatoms. The number of rotatable bonds is 3. The van der Waals surface area contributed by atoms with Gasteiger partial charge in [0, 0.05) is 45.3 Å². The summed E-state index contributed by atoms with van der Waals surface area (Å²) in [6.07, 6.45) is 3.46. The second-order valence-corrected chi connectivity index (χ2v) is 6.82. The molecule has 0 saturated heterocycles. The van der Waals surface area contributed by atoms with Gasteiger partial charge in [0.05, 0.1) is 12.7 Å². The fourth-order valence-corrected chi connectivity index (χ4v) is 3.97. The first-order chi connectivity index (χ1) is 12.5. The molecule has 0 bridgehead atoms. The van der Waals surface area contributed by atoms with Crippen molar-refractivity contribution in [1.29, 1.82) is 0 Å². The van der Waals surface area contributed by atoms with Crippen molar-refractivity contribution in [1.82, 2.24) is 10.3 Å². The smallest absolute Gasteiger partial charge is 0.336 e. The highest BCUT2D eigenvalue weighted by Gasteiger charge is 2.36. The summed E-state index contributed by atoms with van der Waals surface area (Å²) in [5.41, 5.74) is 4.54. The van der Waals surface area contributed by atoms with Crippen molar-refractivity contribution in [3.63, 3.8) is 0 Å². The maximum absolute atomic E-state index is 12.6. The molecule has 0 saturated carbocycles. The normalized spacial score (nSPS) is 17.2. The third-order valence-electron chi connectivity index (χ3n) is 4.43. The van der Waals surface area contributed by atoms with Gasteiger partial charge < -0.3 is 10.1 Å². The van der Waals surface area contributed by atoms with Gasteiger partial charge in [-0.3, -0.25) is 4.98 Å². The Morgan fingerprint density at radius 1 is 1.12 bits per heavy atom. The summed E-state index contributed by atoms with van der Waals surface area (Å²) in [7, 11) is 1.36. The highest BCUT2D eigenvalue weighted by atomic mass is 35.5. The number of nitrogens with one attached hydrogen (secondary N) is 1. The van der Waals surface area contributed by atoms with Crippen LogP contribution < -0.4 is 5.32 Å². The van der Waals surface area contributed by atoms with Crippen LogP contribution in [-0.4, -0.2) is 18.1 Å². The van der Waals surface area contributed by atoms with Gasteiger partial charge in [-0.05, 0) is 43.2 Å². The fraction of sp³-hybridized carbons (Fsp3) is 0.200. The molecule has 1 N–H and O–H groups in total. The Labute approximate surface area is 162 Å². The predicted molar refractivity (Wildman–Crippen MR) is 104 cm³/mol. The van der Waals surface area contributed by atoms with Crippen LogP contribution >= 0.6 is 23.2 Å². The van der Waals surface area contributed by atoms with E-state index in [1.807, 2.05) is 26.0 Å². The molecule has 1 unspecified atom stereocenters. The quantitative estimate of drug-likeness (QED) is 0.755. The summed E-state index contributed by atoms with van der Waals surface area (Å²) in [6.45, 7) is 3.80. The molecule has 26 heavy (non-hydrogen) atoms. The lowest BCUT2D eigenvalue weighted by Gasteiger charge is -2.32. The van der Waals surface area contributed by atoms with Crippen LogP contribution in [0.1, 0.15) is 30.9 Å². The van der Waals surface area contributed by atoms with Gasteiger partial charge >= 0.3 is 5.97 Å². The number of dihydropyridines is 1. The molecule has 1 aliphatic heterocycles. The number of halogens is 2.